The number of carbonyl (C=O) groups excluding carboxylic acids is 1. The number of carbonyl (C=O) groups is 2. The van der Waals surface area contributed by atoms with E-state index in [1.165, 1.54) is 0 Å². The number of aliphatic carboxylic acids is 1. The van der Waals surface area contributed by atoms with E-state index >= 15 is 0 Å². The smallest absolute Gasteiger partial charge is 0.303 e. The molecule has 0 bridgehead atoms. The number of nitrogens with zero attached hydrogens (tertiary/aromatic N) is 1. The van der Waals surface area contributed by atoms with Gasteiger partial charge in [-0.2, -0.15) is 0 Å². The lowest BCUT2D eigenvalue weighted by Gasteiger charge is -2.09. The van der Waals surface area contributed by atoms with Gasteiger partial charge in [-0.3, -0.25) is 9.59 Å². The van der Waals surface area contributed by atoms with Crippen molar-refractivity contribution in [2.75, 3.05) is 0 Å². The highest BCUT2D eigenvalue weighted by molar-refractivity contribution is 5.82. The summed E-state index contributed by atoms with van der Waals surface area (Å²) in [5.41, 5.74) is 6.24. The van der Waals surface area contributed by atoms with Gasteiger partial charge >= 0.3 is 5.97 Å². The molecule has 1 amide bonds. The number of nitrogens with one attached hydrogen (secondary N) is 1. The van der Waals surface area contributed by atoms with Gasteiger partial charge in [-0.1, -0.05) is 5.16 Å². The Morgan fingerprint density at radius 2 is 2.35 bits per heavy atom. The molecule has 0 spiro atoms. The summed E-state index contributed by atoms with van der Waals surface area (Å²) in [5, 5.41) is 14.7. The average molecular weight is 241 g/mol. The third-order valence-corrected chi connectivity index (χ3v) is 2.12. The summed E-state index contributed by atoms with van der Waals surface area (Å²) in [4.78, 5) is 21.7. The molecule has 0 radical (unpaired) electrons. The standard InChI is InChI=1S/C10H15N3O4/c1-6-4-7(17-13-6)5-12-10(16)8(11)2-3-9(14)15/h4,8H,2-3,5,11H2,1H3,(H,12,16)(H,14,15). The van der Waals surface area contributed by atoms with Crippen LogP contribution in [0.4, 0.5) is 0 Å². The van der Waals surface area contributed by atoms with E-state index in [1.54, 1.807) is 13.0 Å². The Kier molecular flexibility index (Phi) is 4.65. The minimum absolute atomic E-state index is 0.108. The lowest BCUT2D eigenvalue weighted by Crippen LogP contribution is -2.40. The zero-order valence-corrected chi connectivity index (χ0v) is 9.47. The van der Waals surface area contributed by atoms with Crippen molar-refractivity contribution < 1.29 is 19.2 Å². The predicted molar refractivity (Wildman–Crippen MR) is 57.9 cm³/mol. The Labute approximate surface area is 98.0 Å². The first-order valence-corrected chi connectivity index (χ1v) is 5.16. The van der Waals surface area contributed by atoms with Gasteiger partial charge in [-0.25, -0.2) is 0 Å². The third-order valence-electron chi connectivity index (χ3n) is 2.12. The Hall–Kier alpha value is -1.89. The van der Waals surface area contributed by atoms with Crippen molar-refractivity contribution in [1.82, 2.24) is 10.5 Å². The summed E-state index contributed by atoms with van der Waals surface area (Å²) in [6.07, 6.45) is -0.0212. The van der Waals surface area contributed by atoms with Crippen LogP contribution in [0.15, 0.2) is 10.6 Å². The van der Waals surface area contributed by atoms with Crippen LogP contribution in [0.5, 0.6) is 0 Å². The Balaban J connectivity index is 2.31. The summed E-state index contributed by atoms with van der Waals surface area (Å²) in [5.74, 6) is -0.847. The van der Waals surface area contributed by atoms with Crippen LogP contribution in [0.3, 0.4) is 0 Å². The molecule has 1 rings (SSSR count). The Morgan fingerprint density at radius 1 is 1.65 bits per heavy atom. The Bertz CT molecular complexity index is 402. The number of nitrogens with two attached hydrogens (primary N) is 1. The summed E-state index contributed by atoms with van der Waals surface area (Å²) < 4.78 is 4.89. The maximum absolute atomic E-state index is 11.4. The van der Waals surface area contributed by atoms with Crippen molar-refractivity contribution in [3.63, 3.8) is 0 Å². The van der Waals surface area contributed by atoms with Crippen LogP contribution >= 0.6 is 0 Å². The van der Waals surface area contributed by atoms with Crippen LogP contribution in [0, 0.1) is 6.92 Å². The van der Waals surface area contributed by atoms with Crippen molar-refractivity contribution in [2.24, 2.45) is 5.73 Å². The molecule has 0 aromatic carbocycles. The van der Waals surface area contributed by atoms with E-state index in [0.29, 0.717) is 5.76 Å². The van der Waals surface area contributed by atoms with Gasteiger partial charge < -0.3 is 20.7 Å². The Morgan fingerprint density at radius 3 is 2.88 bits per heavy atom. The van der Waals surface area contributed by atoms with Gasteiger partial charge in [0.1, 0.15) is 0 Å². The summed E-state index contributed by atoms with van der Waals surface area (Å²) in [7, 11) is 0. The van der Waals surface area contributed by atoms with Crippen LogP contribution in [0.25, 0.3) is 0 Å². The number of rotatable bonds is 6. The van der Waals surface area contributed by atoms with Gasteiger partial charge in [-0.05, 0) is 13.3 Å². The molecule has 17 heavy (non-hydrogen) atoms. The van der Waals surface area contributed by atoms with Crippen LogP contribution in [-0.2, 0) is 16.1 Å². The van der Waals surface area contributed by atoms with Crippen LogP contribution in [-0.4, -0.2) is 28.2 Å². The zero-order valence-electron chi connectivity index (χ0n) is 9.47. The molecule has 0 saturated heterocycles. The summed E-state index contributed by atoms with van der Waals surface area (Å²) in [6.45, 7) is 1.97. The molecule has 0 aliphatic rings. The molecule has 1 heterocycles. The zero-order chi connectivity index (χ0) is 12.8. The van der Waals surface area contributed by atoms with Crippen molar-refractivity contribution in [2.45, 2.75) is 32.4 Å². The fourth-order valence-electron chi connectivity index (χ4n) is 1.22. The SMILES string of the molecule is Cc1cc(CNC(=O)C(N)CCC(=O)O)on1. The van der Waals surface area contributed by atoms with E-state index in [-0.39, 0.29) is 19.4 Å². The van der Waals surface area contributed by atoms with Gasteiger partial charge in [0.05, 0.1) is 18.3 Å². The highest BCUT2D eigenvalue weighted by Gasteiger charge is 2.15. The van der Waals surface area contributed by atoms with E-state index in [0.717, 1.165) is 5.69 Å². The fourth-order valence-corrected chi connectivity index (χ4v) is 1.22. The number of carboxylic acid groups (broad SMARTS) is 1. The highest BCUT2D eigenvalue weighted by atomic mass is 16.5. The second-order valence-electron chi connectivity index (χ2n) is 3.69. The number of aromatic nitrogens is 1. The van der Waals surface area contributed by atoms with Crippen molar-refractivity contribution in [3.05, 3.63) is 17.5 Å². The molecule has 7 nitrogen and oxygen atoms in total. The number of aryl methyl sites for hydroxylation is 1. The van der Waals surface area contributed by atoms with Crippen molar-refractivity contribution in [3.8, 4) is 0 Å². The third kappa shape index (κ3) is 4.64. The molecule has 7 heteroatoms. The van der Waals surface area contributed by atoms with Crippen LogP contribution in [0.2, 0.25) is 0 Å². The molecule has 0 aliphatic heterocycles. The quantitative estimate of drug-likeness (QED) is 0.634. The number of carboxylic acids is 1. The first-order chi connectivity index (χ1) is 7.99. The van der Waals surface area contributed by atoms with Crippen LogP contribution in [0.1, 0.15) is 24.3 Å². The van der Waals surface area contributed by atoms with Gasteiger partial charge in [0, 0.05) is 12.5 Å². The number of amides is 1. The first kappa shape index (κ1) is 13.2. The van der Waals surface area contributed by atoms with E-state index in [9.17, 15) is 9.59 Å². The minimum Gasteiger partial charge on any atom is -0.481 e. The molecule has 1 aromatic heterocycles. The largest absolute Gasteiger partial charge is 0.481 e. The monoisotopic (exact) mass is 241 g/mol. The lowest BCUT2D eigenvalue weighted by molar-refractivity contribution is -0.137. The van der Waals surface area contributed by atoms with E-state index < -0.39 is 17.9 Å². The van der Waals surface area contributed by atoms with Crippen molar-refractivity contribution in [1.29, 1.82) is 0 Å². The normalized spacial score (nSPS) is 12.1. The van der Waals surface area contributed by atoms with Gasteiger partial charge in [0.15, 0.2) is 5.76 Å². The average Bonchev–Trinajstić information content (AvgIpc) is 2.68. The van der Waals surface area contributed by atoms with E-state index in [1.807, 2.05) is 0 Å². The van der Waals surface area contributed by atoms with Crippen LogP contribution < -0.4 is 11.1 Å². The molecule has 1 atom stereocenters. The van der Waals surface area contributed by atoms with Crippen molar-refractivity contribution >= 4 is 11.9 Å². The van der Waals surface area contributed by atoms with E-state index in [4.69, 9.17) is 15.4 Å². The van der Waals surface area contributed by atoms with Gasteiger partial charge in [0.25, 0.3) is 0 Å². The lowest BCUT2D eigenvalue weighted by atomic mass is 10.1. The predicted octanol–water partition coefficient (Wildman–Crippen LogP) is -0.209. The van der Waals surface area contributed by atoms with Gasteiger partial charge in [-0.15, -0.1) is 0 Å². The molecule has 0 aliphatic carbocycles. The maximum atomic E-state index is 11.4. The second-order valence-corrected chi connectivity index (χ2v) is 3.69. The second kappa shape index (κ2) is 6.00. The molecule has 1 aromatic rings. The summed E-state index contributed by atoms with van der Waals surface area (Å²) >= 11 is 0. The maximum Gasteiger partial charge on any atom is 0.303 e. The molecule has 0 saturated carbocycles. The fraction of sp³-hybridized carbons (Fsp3) is 0.500. The topological polar surface area (TPSA) is 118 Å². The molecule has 4 N–H and O–H groups in total. The van der Waals surface area contributed by atoms with Gasteiger partial charge in [0.2, 0.25) is 5.91 Å². The number of hydrogen-bond acceptors (Lipinski definition) is 5. The molecular formula is C10H15N3O4. The highest BCUT2D eigenvalue weighted by Crippen LogP contribution is 2.02. The van der Waals surface area contributed by atoms with E-state index in [2.05, 4.69) is 10.5 Å². The minimum atomic E-state index is -0.973. The molecule has 94 valence electrons. The summed E-state index contributed by atoms with van der Waals surface area (Å²) in [6, 6.07) is 0.874. The molecular weight excluding hydrogens is 226 g/mol. The first-order valence-electron chi connectivity index (χ1n) is 5.16. The molecule has 1 unspecified atom stereocenters. The number of hydrogen-bond donors (Lipinski definition) is 3. The molecule has 0 fully saturated rings.